The average Bonchev–Trinajstić information content (AvgIpc) is 2.96. The number of fused-ring (bicyclic) bond motifs is 5. The molecular weight excluding hydrogens is 386 g/mol. The number of aromatic hydroxyl groups is 2. The first kappa shape index (κ1) is 17.8. The van der Waals surface area contributed by atoms with E-state index in [2.05, 4.69) is 18.3 Å². The molecule has 2 aromatic rings. The zero-order valence-electron chi connectivity index (χ0n) is 13.8. The Hall–Kier alpha value is -1.04. The van der Waals surface area contributed by atoms with Crippen LogP contribution in [-0.4, -0.2) is 16.3 Å². The Morgan fingerprint density at radius 1 is 1.17 bits per heavy atom. The number of aryl methyl sites for hydroxylation is 2. The number of nitrogens with one attached hydrogen (secondary N) is 1. The Morgan fingerprint density at radius 3 is 2.75 bits per heavy atom. The van der Waals surface area contributed by atoms with Crippen molar-refractivity contribution >= 4 is 28.3 Å². The van der Waals surface area contributed by atoms with Crippen LogP contribution in [0.25, 0.3) is 0 Å². The minimum Gasteiger partial charge on any atom is -0.504 e. The van der Waals surface area contributed by atoms with E-state index < -0.39 is 0 Å². The van der Waals surface area contributed by atoms with E-state index in [1.807, 2.05) is 11.3 Å². The van der Waals surface area contributed by atoms with Gasteiger partial charge in [-0.1, -0.05) is 13.3 Å². The van der Waals surface area contributed by atoms with E-state index in [0.29, 0.717) is 12.0 Å². The minimum atomic E-state index is -0.000661. The van der Waals surface area contributed by atoms with Crippen molar-refractivity contribution in [1.82, 2.24) is 5.32 Å². The predicted molar refractivity (Wildman–Crippen MR) is 104 cm³/mol. The lowest BCUT2D eigenvalue weighted by Crippen LogP contribution is -2.41. The number of benzene rings is 1. The van der Waals surface area contributed by atoms with Crippen molar-refractivity contribution in [2.45, 2.75) is 57.5 Å². The number of phenolic OH excluding ortho intramolecular Hbond substituents is 2. The molecule has 0 amide bonds. The Balaban J connectivity index is 0.00000169. The van der Waals surface area contributed by atoms with Crippen molar-refractivity contribution in [2.24, 2.45) is 0 Å². The monoisotopic (exact) mass is 409 g/mol. The van der Waals surface area contributed by atoms with E-state index in [1.165, 1.54) is 45.7 Å². The molecule has 2 atom stereocenters. The number of rotatable bonds is 3. The quantitative estimate of drug-likeness (QED) is 0.647. The van der Waals surface area contributed by atoms with Gasteiger partial charge in [0.1, 0.15) is 0 Å². The predicted octanol–water partition coefficient (Wildman–Crippen LogP) is 4.63. The number of hydrogen-bond acceptors (Lipinski definition) is 4. The van der Waals surface area contributed by atoms with Crippen LogP contribution < -0.4 is 5.32 Å². The lowest BCUT2D eigenvalue weighted by Gasteiger charge is -2.38. The standard InChI is InChI=1S/C19H23NO2S.BrH/c1-2-3-4-13-7-12-10-20-15-6-5-11-8-16(21)17(22)9-14(11)18(15)19(12)23-13;/h7-9,15,18,20-22H,2-6,10H2,1H3;1H/t15-,18-;/m0./s1. The SMILES string of the molecule is Br.CCCCc1cc2c(s1)[C@H]1c3cc(O)c(O)cc3CC[C@@H]1NC2. The molecule has 0 spiro atoms. The molecule has 0 unspecified atom stereocenters. The van der Waals surface area contributed by atoms with Crippen molar-refractivity contribution < 1.29 is 10.2 Å². The van der Waals surface area contributed by atoms with Gasteiger partial charge in [0, 0.05) is 28.3 Å². The molecule has 0 bridgehead atoms. The molecular formula is C19H24BrNO2S. The number of thiophene rings is 1. The summed E-state index contributed by atoms with van der Waals surface area (Å²) in [4.78, 5) is 2.94. The van der Waals surface area contributed by atoms with Crippen molar-refractivity contribution in [1.29, 1.82) is 0 Å². The summed E-state index contributed by atoms with van der Waals surface area (Å²) in [5.41, 5.74) is 3.79. The molecule has 4 rings (SSSR count). The molecule has 0 radical (unpaired) electrons. The molecule has 3 nitrogen and oxygen atoms in total. The van der Waals surface area contributed by atoms with Crippen LogP contribution in [0.2, 0.25) is 0 Å². The van der Waals surface area contributed by atoms with Crippen LogP contribution in [0.15, 0.2) is 18.2 Å². The molecule has 1 aromatic heterocycles. The second-order valence-electron chi connectivity index (χ2n) is 6.75. The summed E-state index contributed by atoms with van der Waals surface area (Å²) in [6.45, 7) is 3.19. The van der Waals surface area contributed by atoms with E-state index in [1.54, 1.807) is 12.1 Å². The van der Waals surface area contributed by atoms with E-state index in [9.17, 15) is 10.2 Å². The molecule has 3 N–H and O–H groups in total. The first-order valence-electron chi connectivity index (χ1n) is 8.57. The number of unbranched alkanes of at least 4 members (excludes halogenated alkanes) is 1. The van der Waals surface area contributed by atoms with Crippen LogP contribution >= 0.6 is 28.3 Å². The van der Waals surface area contributed by atoms with Gasteiger partial charge in [0.2, 0.25) is 0 Å². The van der Waals surface area contributed by atoms with Crippen LogP contribution in [0.4, 0.5) is 0 Å². The topological polar surface area (TPSA) is 52.5 Å². The summed E-state index contributed by atoms with van der Waals surface area (Å²) >= 11 is 1.95. The smallest absolute Gasteiger partial charge is 0.157 e. The number of halogens is 1. The van der Waals surface area contributed by atoms with Crippen LogP contribution in [0.5, 0.6) is 11.5 Å². The van der Waals surface area contributed by atoms with Gasteiger partial charge >= 0.3 is 0 Å². The van der Waals surface area contributed by atoms with Gasteiger partial charge in [0.25, 0.3) is 0 Å². The Morgan fingerprint density at radius 2 is 1.96 bits per heavy atom. The third kappa shape index (κ3) is 2.98. The third-order valence-corrected chi connectivity index (χ3v) is 6.53. The first-order valence-corrected chi connectivity index (χ1v) is 9.38. The molecule has 5 heteroatoms. The highest BCUT2D eigenvalue weighted by Gasteiger charge is 2.36. The van der Waals surface area contributed by atoms with Gasteiger partial charge in [-0.05, 0) is 60.6 Å². The normalized spacial score (nSPS) is 21.4. The highest BCUT2D eigenvalue weighted by molar-refractivity contribution is 8.93. The molecule has 24 heavy (non-hydrogen) atoms. The second-order valence-corrected chi connectivity index (χ2v) is 7.92. The summed E-state index contributed by atoms with van der Waals surface area (Å²) < 4.78 is 0. The Bertz CT molecular complexity index is 743. The summed E-state index contributed by atoms with van der Waals surface area (Å²) in [5.74, 6) is 0.315. The van der Waals surface area contributed by atoms with Gasteiger partial charge in [-0.25, -0.2) is 0 Å². The van der Waals surface area contributed by atoms with E-state index in [-0.39, 0.29) is 28.5 Å². The maximum atomic E-state index is 9.97. The maximum absolute atomic E-state index is 9.97. The lowest BCUT2D eigenvalue weighted by atomic mass is 9.75. The van der Waals surface area contributed by atoms with Gasteiger partial charge in [-0.3, -0.25) is 0 Å². The van der Waals surface area contributed by atoms with E-state index >= 15 is 0 Å². The van der Waals surface area contributed by atoms with Crippen molar-refractivity contribution in [3.05, 3.63) is 44.6 Å². The van der Waals surface area contributed by atoms with Crippen molar-refractivity contribution in [3.8, 4) is 11.5 Å². The van der Waals surface area contributed by atoms with Crippen LogP contribution in [0.3, 0.4) is 0 Å². The van der Waals surface area contributed by atoms with Crippen LogP contribution in [0.1, 0.15) is 58.5 Å². The highest BCUT2D eigenvalue weighted by Crippen LogP contribution is 2.46. The average molecular weight is 410 g/mol. The van der Waals surface area contributed by atoms with Gasteiger partial charge in [0.15, 0.2) is 11.5 Å². The van der Waals surface area contributed by atoms with Gasteiger partial charge < -0.3 is 15.5 Å². The third-order valence-electron chi connectivity index (χ3n) is 5.21. The molecule has 1 aliphatic heterocycles. The lowest BCUT2D eigenvalue weighted by molar-refractivity contribution is 0.383. The van der Waals surface area contributed by atoms with Crippen molar-refractivity contribution in [2.75, 3.05) is 0 Å². The maximum Gasteiger partial charge on any atom is 0.157 e. The zero-order valence-corrected chi connectivity index (χ0v) is 16.4. The minimum absolute atomic E-state index is 0. The molecule has 1 aliphatic carbocycles. The zero-order chi connectivity index (χ0) is 16.0. The molecule has 2 heterocycles. The summed E-state index contributed by atoms with van der Waals surface area (Å²) in [7, 11) is 0. The largest absolute Gasteiger partial charge is 0.504 e. The van der Waals surface area contributed by atoms with Gasteiger partial charge in [0.05, 0.1) is 0 Å². The molecule has 130 valence electrons. The van der Waals surface area contributed by atoms with Crippen LogP contribution in [-0.2, 0) is 19.4 Å². The van der Waals surface area contributed by atoms with Gasteiger partial charge in [-0.2, -0.15) is 0 Å². The van der Waals surface area contributed by atoms with Crippen LogP contribution in [0, 0.1) is 0 Å². The summed E-state index contributed by atoms with van der Waals surface area (Å²) in [6.07, 6.45) is 5.68. The summed E-state index contributed by atoms with van der Waals surface area (Å²) in [6, 6.07) is 6.34. The van der Waals surface area contributed by atoms with E-state index in [0.717, 1.165) is 19.4 Å². The molecule has 1 aromatic carbocycles. The van der Waals surface area contributed by atoms with E-state index in [4.69, 9.17) is 0 Å². The fraction of sp³-hybridized carbons (Fsp3) is 0.474. The molecule has 0 saturated heterocycles. The fourth-order valence-corrected chi connectivity index (χ4v) is 5.41. The summed E-state index contributed by atoms with van der Waals surface area (Å²) in [5, 5.41) is 23.5. The Labute approximate surface area is 157 Å². The number of hydrogen-bond donors (Lipinski definition) is 3. The second kappa shape index (κ2) is 7.06. The first-order chi connectivity index (χ1) is 11.2. The highest BCUT2D eigenvalue weighted by atomic mass is 79.9. The fourth-order valence-electron chi connectivity index (χ4n) is 4.00. The molecule has 0 saturated carbocycles. The molecule has 2 aliphatic rings. The van der Waals surface area contributed by atoms with Gasteiger partial charge in [-0.15, -0.1) is 28.3 Å². The molecule has 0 fully saturated rings. The van der Waals surface area contributed by atoms with Crippen molar-refractivity contribution in [3.63, 3.8) is 0 Å². The number of phenols is 2. The Kier molecular flexibility index (Phi) is 5.23.